The van der Waals surface area contributed by atoms with Gasteiger partial charge in [-0.15, -0.1) is 0 Å². The van der Waals surface area contributed by atoms with Gasteiger partial charge in [-0.1, -0.05) is 57.0 Å². The van der Waals surface area contributed by atoms with Gasteiger partial charge in [0.2, 0.25) is 0 Å². The molecule has 0 saturated carbocycles. The smallest absolute Gasteiger partial charge is 0.0348 e. The summed E-state index contributed by atoms with van der Waals surface area (Å²) >= 11 is 1.94. The van der Waals surface area contributed by atoms with Crippen LogP contribution in [0.15, 0.2) is 30.3 Å². The van der Waals surface area contributed by atoms with Gasteiger partial charge >= 0.3 is 0 Å². The van der Waals surface area contributed by atoms with Crippen molar-refractivity contribution in [3.8, 4) is 0 Å². The van der Waals surface area contributed by atoms with Crippen molar-refractivity contribution in [2.75, 3.05) is 18.6 Å². The summed E-state index contributed by atoms with van der Waals surface area (Å²) in [5.74, 6) is 2.02. The van der Waals surface area contributed by atoms with Gasteiger partial charge in [0.15, 0.2) is 0 Å². The molecular formula is C17H29NS. The van der Waals surface area contributed by atoms with E-state index >= 15 is 0 Å². The second kappa shape index (κ2) is 10.3. The van der Waals surface area contributed by atoms with Crippen molar-refractivity contribution in [2.45, 2.75) is 45.6 Å². The molecule has 0 radical (unpaired) electrons. The fourth-order valence-corrected chi connectivity index (χ4v) is 3.10. The summed E-state index contributed by atoms with van der Waals surface area (Å²) in [6.07, 6.45) is 7.27. The summed E-state index contributed by atoms with van der Waals surface area (Å²) in [7, 11) is 0. The predicted octanol–water partition coefficient (Wildman–Crippen LogP) is 4.90. The van der Waals surface area contributed by atoms with Crippen LogP contribution in [0.5, 0.6) is 0 Å². The first-order valence-electron chi connectivity index (χ1n) is 7.60. The summed E-state index contributed by atoms with van der Waals surface area (Å²) in [4.78, 5) is 0. The molecule has 0 aromatic heterocycles. The Kier molecular flexibility index (Phi) is 9.02. The molecule has 0 saturated heterocycles. The third-order valence-corrected chi connectivity index (χ3v) is 4.52. The van der Waals surface area contributed by atoms with Crippen LogP contribution in [-0.2, 0) is 0 Å². The monoisotopic (exact) mass is 279 g/mol. The number of thioether (sulfide) groups is 1. The van der Waals surface area contributed by atoms with Crippen molar-refractivity contribution in [2.24, 2.45) is 5.92 Å². The molecule has 2 heteroatoms. The lowest BCUT2D eigenvalue weighted by Gasteiger charge is -2.27. The maximum absolute atomic E-state index is 3.79. The van der Waals surface area contributed by atoms with Crippen molar-refractivity contribution in [1.29, 1.82) is 0 Å². The lowest BCUT2D eigenvalue weighted by molar-refractivity contribution is 0.339. The number of benzene rings is 1. The molecule has 1 aromatic rings. The van der Waals surface area contributed by atoms with E-state index in [1.807, 2.05) is 11.8 Å². The molecule has 1 unspecified atom stereocenters. The topological polar surface area (TPSA) is 12.0 Å². The summed E-state index contributed by atoms with van der Waals surface area (Å²) in [6, 6.07) is 11.5. The second-order valence-corrected chi connectivity index (χ2v) is 6.10. The van der Waals surface area contributed by atoms with Crippen LogP contribution in [0.1, 0.15) is 51.1 Å². The van der Waals surface area contributed by atoms with E-state index in [0.29, 0.717) is 6.04 Å². The van der Waals surface area contributed by atoms with Gasteiger partial charge in [0, 0.05) is 6.04 Å². The second-order valence-electron chi connectivity index (χ2n) is 5.12. The Morgan fingerprint density at radius 2 is 1.74 bits per heavy atom. The van der Waals surface area contributed by atoms with Gasteiger partial charge in [-0.3, -0.25) is 0 Å². The van der Waals surface area contributed by atoms with Crippen LogP contribution in [0.4, 0.5) is 0 Å². The molecule has 0 bridgehead atoms. The van der Waals surface area contributed by atoms with Gasteiger partial charge in [-0.25, -0.2) is 0 Å². The zero-order valence-corrected chi connectivity index (χ0v) is 13.5. The minimum absolute atomic E-state index is 0.519. The number of hydrogen-bond donors (Lipinski definition) is 1. The highest BCUT2D eigenvalue weighted by Gasteiger charge is 2.19. The fourth-order valence-electron chi connectivity index (χ4n) is 2.61. The van der Waals surface area contributed by atoms with Crippen LogP contribution in [0.25, 0.3) is 0 Å². The van der Waals surface area contributed by atoms with E-state index in [1.165, 1.54) is 37.0 Å². The lowest BCUT2D eigenvalue weighted by Crippen LogP contribution is -2.28. The molecule has 0 aliphatic carbocycles. The Morgan fingerprint density at radius 3 is 2.32 bits per heavy atom. The summed E-state index contributed by atoms with van der Waals surface area (Å²) in [5.41, 5.74) is 1.45. The van der Waals surface area contributed by atoms with Crippen LogP contribution in [0.2, 0.25) is 0 Å². The maximum atomic E-state index is 3.79. The van der Waals surface area contributed by atoms with Gasteiger partial charge in [0.25, 0.3) is 0 Å². The first kappa shape index (κ1) is 16.6. The highest BCUT2D eigenvalue weighted by atomic mass is 32.2. The first-order valence-corrected chi connectivity index (χ1v) is 9.00. The molecule has 0 aliphatic rings. The number of hydrogen-bond acceptors (Lipinski definition) is 2. The standard InChI is InChI=1S/C17H29NS/c1-4-15(5-2)17(16-11-7-6-8-12-16)18-13-9-10-14-19-3/h6-8,11-12,15,17-18H,4-5,9-10,13-14H2,1-3H3. The molecule has 0 aliphatic heterocycles. The number of unbranched alkanes of at least 4 members (excludes halogenated alkanes) is 1. The van der Waals surface area contributed by atoms with Crippen molar-refractivity contribution in [1.82, 2.24) is 5.32 Å². The van der Waals surface area contributed by atoms with Crippen molar-refractivity contribution in [3.05, 3.63) is 35.9 Å². The fraction of sp³-hybridized carbons (Fsp3) is 0.647. The van der Waals surface area contributed by atoms with Crippen LogP contribution in [0, 0.1) is 5.92 Å². The molecule has 0 fully saturated rings. The maximum Gasteiger partial charge on any atom is 0.0348 e. The van der Waals surface area contributed by atoms with Gasteiger partial charge < -0.3 is 5.32 Å². The molecule has 1 rings (SSSR count). The third-order valence-electron chi connectivity index (χ3n) is 3.82. The molecule has 1 atom stereocenters. The highest BCUT2D eigenvalue weighted by molar-refractivity contribution is 7.98. The van der Waals surface area contributed by atoms with Gasteiger partial charge in [0.1, 0.15) is 0 Å². The Bertz CT molecular complexity index is 308. The van der Waals surface area contributed by atoms with Gasteiger partial charge in [0.05, 0.1) is 0 Å². The summed E-state index contributed by atoms with van der Waals surface area (Å²) < 4.78 is 0. The van der Waals surface area contributed by atoms with E-state index in [0.717, 1.165) is 12.5 Å². The molecule has 108 valence electrons. The predicted molar refractivity (Wildman–Crippen MR) is 88.9 cm³/mol. The third kappa shape index (κ3) is 6.01. The summed E-state index contributed by atoms with van der Waals surface area (Å²) in [5, 5.41) is 3.79. The van der Waals surface area contributed by atoms with E-state index in [9.17, 15) is 0 Å². The van der Waals surface area contributed by atoms with Crippen molar-refractivity contribution in [3.63, 3.8) is 0 Å². The van der Waals surface area contributed by atoms with Crippen molar-refractivity contribution < 1.29 is 0 Å². The first-order chi connectivity index (χ1) is 9.33. The molecule has 19 heavy (non-hydrogen) atoms. The van der Waals surface area contributed by atoms with E-state index in [-0.39, 0.29) is 0 Å². The Morgan fingerprint density at radius 1 is 1.05 bits per heavy atom. The lowest BCUT2D eigenvalue weighted by atomic mass is 9.89. The van der Waals surface area contributed by atoms with Crippen LogP contribution >= 0.6 is 11.8 Å². The molecule has 1 N–H and O–H groups in total. The molecule has 0 spiro atoms. The SMILES string of the molecule is CCC(CC)C(NCCCCSC)c1ccccc1. The molecular weight excluding hydrogens is 250 g/mol. The average Bonchev–Trinajstić information content (AvgIpc) is 2.47. The number of rotatable bonds is 10. The zero-order chi connectivity index (χ0) is 13.9. The largest absolute Gasteiger partial charge is 0.310 e. The Balaban J connectivity index is 2.55. The van der Waals surface area contributed by atoms with E-state index < -0.39 is 0 Å². The van der Waals surface area contributed by atoms with Crippen molar-refractivity contribution >= 4 is 11.8 Å². The minimum Gasteiger partial charge on any atom is -0.310 e. The Labute approximate surface area is 123 Å². The molecule has 1 nitrogen and oxygen atoms in total. The highest BCUT2D eigenvalue weighted by Crippen LogP contribution is 2.27. The van der Waals surface area contributed by atoms with E-state index in [2.05, 4.69) is 55.8 Å². The zero-order valence-electron chi connectivity index (χ0n) is 12.7. The van der Waals surface area contributed by atoms with E-state index in [4.69, 9.17) is 0 Å². The quantitative estimate of drug-likeness (QED) is 0.612. The van der Waals surface area contributed by atoms with E-state index in [1.54, 1.807) is 0 Å². The normalized spacial score (nSPS) is 12.8. The number of nitrogens with one attached hydrogen (secondary N) is 1. The molecule has 1 aromatic carbocycles. The van der Waals surface area contributed by atoms with Crippen LogP contribution < -0.4 is 5.32 Å². The molecule has 0 heterocycles. The Hall–Kier alpha value is -0.470. The van der Waals surface area contributed by atoms with Gasteiger partial charge in [-0.05, 0) is 42.9 Å². The molecule has 0 amide bonds. The minimum atomic E-state index is 0.519. The average molecular weight is 279 g/mol. The van der Waals surface area contributed by atoms with Crippen LogP contribution in [0.3, 0.4) is 0 Å². The van der Waals surface area contributed by atoms with Crippen LogP contribution in [-0.4, -0.2) is 18.6 Å². The van der Waals surface area contributed by atoms with Gasteiger partial charge in [-0.2, -0.15) is 11.8 Å². The summed E-state index contributed by atoms with van der Waals surface area (Å²) in [6.45, 7) is 5.75.